The number of nitrogens with one attached hydrogen (secondary N) is 1. The quantitative estimate of drug-likeness (QED) is 0.550. The number of carbonyl (C=O) groups is 3. The first-order valence-electron chi connectivity index (χ1n) is 10.9. The Morgan fingerprint density at radius 3 is 2.09 bits per heavy atom. The highest BCUT2D eigenvalue weighted by Gasteiger charge is 2.67. The zero-order valence-corrected chi connectivity index (χ0v) is 17.3. The number of rotatable bonds is 3. The summed E-state index contributed by atoms with van der Waals surface area (Å²) in [6.45, 7) is 0. The van der Waals surface area contributed by atoms with E-state index in [9.17, 15) is 27.6 Å². The van der Waals surface area contributed by atoms with Crippen LogP contribution in [0.25, 0.3) is 0 Å². The second-order valence-corrected chi connectivity index (χ2v) is 9.18. The number of amides is 3. The molecule has 6 atom stereocenters. The van der Waals surface area contributed by atoms with Crippen molar-refractivity contribution < 1.29 is 27.6 Å². The van der Waals surface area contributed by atoms with Crippen LogP contribution in [0.1, 0.15) is 22.3 Å². The maximum atomic E-state index is 13.4. The van der Waals surface area contributed by atoms with Crippen molar-refractivity contribution in [3.8, 4) is 0 Å². The van der Waals surface area contributed by atoms with Gasteiger partial charge in [-0.05, 0) is 54.4 Å². The van der Waals surface area contributed by atoms with Gasteiger partial charge in [-0.3, -0.25) is 14.4 Å². The van der Waals surface area contributed by atoms with E-state index in [4.69, 9.17) is 0 Å². The molecule has 0 radical (unpaired) electrons. The fourth-order valence-corrected chi connectivity index (χ4v) is 6.08. The summed E-state index contributed by atoms with van der Waals surface area (Å²) in [6, 6.07) is 10.7. The highest BCUT2D eigenvalue weighted by atomic mass is 19.4. The van der Waals surface area contributed by atoms with E-state index in [0.29, 0.717) is 11.8 Å². The average Bonchev–Trinajstić information content (AvgIpc) is 3.57. The number of halogens is 3. The maximum absolute atomic E-state index is 13.4. The van der Waals surface area contributed by atoms with Gasteiger partial charge in [0.05, 0.1) is 34.3 Å². The molecule has 1 aliphatic heterocycles. The summed E-state index contributed by atoms with van der Waals surface area (Å²) in [7, 11) is 0. The first-order chi connectivity index (χ1) is 15.8. The molecule has 168 valence electrons. The van der Waals surface area contributed by atoms with E-state index in [1.54, 1.807) is 12.1 Å². The van der Waals surface area contributed by atoms with Crippen molar-refractivity contribution in [2.45, 2.75) is 12.6 Å². The van der Waals surface area contributed by atoms with Gasteiger partial charge in [-0.25, -0.2) is 4.90 Å². The largest absolute Gasteiger partial charge is 0.418 e. The minimum absolute atomic E-state index is 0.0275. The van der Waals surface area contributed by atoms with E-state index in [0.717, 1.165) is 17.4 Å². The molecule has 3 amide bonds. The zero-order chi connectivity index (χ0) is 23.1. The molecule has 2 bridgehead atoms. The van der Waals surface area contributed by atoms with Crippen molar-refractivity contribution in [1.82, 2.24) is 0 Å². The second kappa shape index (κ2) is 6.79. The van der Waals surface area contributed by atoms with Crippen LogP contribution in [0.5, 0.6) is 0 Å². The van der Waals surface area contributed by atoms with E-state index in [2.05, 4.69) is 17.5 Å². The first kappa shape index (κ1) is 20.2. The number of hydrogen-bond donors (Lipinski definition) is 1. The van der Waals surface area contributed by atoms with E-state index in [-0.39, 0.29) is 40.6 Å². The Morgan fingerprint density at radius 2 is 1.45 bits per heavy atom. The van der Waals surface area contributed by atoms with Gasteiger partial charge < -0.3 is 5.32 Å². The van der Waals surface area contributed by atoms with E-state index in [1.165, 1.54) is 30.3 Å². The van der Waals surface area contributed by atoms with Gasteiger partial charge in [-0.2, -0.15) is 13.2 Å². The zero-order valence-electron chi connectivity index (χ0n) is 17.3. The average molecular weight is 452 g/mol. The lowest BCUT2D eigenvalue weighted by Crippen LogP contribution is -2.40. The highest BCUT2D eigenvalue weighted by Crippen LogP contribution is 2.65. The molecule has 1 heterocycles. The van der Waals surface area contributed by atoms with Gasteiger partial charge in [0.15, 0.2) is 0 Å². The van der Waals surface area contributed by atoms with Crippen LogP contribution in [0.15, 0.2) is 60.7 Å². The number of anilines is 2. The molecule has 0 unspecified atom stereocenters. The number of carbonyl (C=O) groups excluding carboxylic acids is 3. The van der Waals surface area contributed by atoms with Gasteiger partial charge in [0.1, 0.15) is 0 Å². The molecule has 0 spiro atoms. The van der Waals surface area contributed by atoms with Gasteiger partial charge in [-0.15, -0.1) is 0 Å². The fraction of sp³-hybridized carbons (Fsp3) is 0.320. The number of alkyl halides is 3. The van der Waals surface area contributed by atoms with Crippen LogP contribution in [-0.2, 0) is 15.8 Å². The molecule has 2 saturated carbocycles. The summed E-state index contributed by atoms with van der Waals surface area (Å²) in [5.74, 6) is -1.39. The summed E-state index contributed by atoms with van der Waals surface area (Å²) < 4.78 is 40.1. The van der Waals surface area contributed by atoms with Gasteiger partial charge >= 0.3 is 6.18 Å². The smallest absolute Gasteiger partial charge is 0.321 e. The van der Waals surface area contributed by atoms with Crippen molar-refractivity contribution in [1.29, 1.82) is 0 Å². The molecular weight excluding hydrogens is 433 g/mol. The number of allylic oxidation sites excluding steroid dienone is 2. The van der Waals surface area contributed by atoms with Gasteiger partial charge in [0.25, 0.3) is 5.91 Å². The normalized spacial score (nSPS) is 31.4. The van der Waals surface area contributed by atoms with Gasteiger partial charge in [0.2, 0.25) is 11.8 Å². The lowest BCUT2D eigenvalue weighted by molar-refractivity contribution is -0.137. The van der Waals surface area contributed by atoms with Crippen LogP contribution in [0.2, 0.25) is 0 Å². The molecule has 3 fully saturated rings. The van der Waals surface area contributed by atoms with Crippen molar-refractivity contribution >= 4 is 29.1 Å². The molecule has 1 saturated heterocycles. The molecule has 1 N–H and O–H groups in total. The molecule has 0 aromatic heterocycles. The molecular formula is C25H19F3N2O3. The van der Waals surface area contributed by atoms with Crippen LogP contribution < -0.4 is 10.2 Å². The lowest BCUT2D eigenvalue weighted by Gasteiger charge is -2.37. The molecule has 2 aromatic rings. The van der Waals surface area contributed by atoms with Crippen LogP contribution in [0.4, 0.5) is 24.5 Å². The summed E-state index contributed by atoms with van der Waals surface area (Å²) in [4.78, 5) is 41.0. The standard InChI is InChI=1S/C25H19F3N2O3/c26-25(27,28)17-6-2-3-7-18(17)29-22(31)14-5-1-4-8-19(14)30-23(32)20-12-9-10-13(16-11-15(12)16)21(20)24(30)33/h1-10,12-13,15-16,20-21H,11H2,(H,29,31)/t12-,13-,15-,16+,20-,21-/m1/s1. The summed E-state index contributed by atoms with van der Waals surface area (Å²) in [5.41, 5.74) is -1.28. The van der Waals surface area contributed by atoms with E-state index >= 15 is 0 Å². The molecule has 4 aliphatic carbocycles. The SMILES string of the molecule is O=C(Nc1ccccc1C(F)(F)F)c1ccccc1N1C(=O)[C@@H]2[C@@H]3C=C[C@H]([C@@H]4C[C@H]34)[C@H]2C1=O. The number of imide groups is 1. The summed E-state index contributed by atoms with van der Waals surface area (Å²) >= 11 is 0. The van der Waals surface area contributed by atoms with Crippen LogP contribution >= 0.6 is 0 Å². The highest BCUT2D eigenvalue weighted by molar-refractivity contribution is 6.25. The second-order valence-electron chi connectivity index (χ2n) is 9.18. The number of benzene rings is 2. The Labute approximate surface area is 187 Å². The predicted octanol–water partition coefficient (Wildman–Crippen LogP) is 4.52. The number of nitrogens with zero attached hydrogens (tertiary/aromatic N) is 1. The van der Waals surface area contributed by atoms with Crippen molar-refractivity contribution in [3.05, 3.63) is 71.8 Å². The Balaban J connectivity index is 1.34. The van der Waals surface area contributed by atoms with E-state index < -0.39 is 29.5 Å². The molecule has 2 aromatic carbocycles. The van der Waals surface area contributed by atoms with E-state index in [1.807, 2.05) is 0 Å². The van der Waals surface area contributed by atoms with Crippen molar-refractivity contribution in [2.75, 3.05) is 10.2 Å². The number of para-hydroxylation sites is 2. The molecule has 8 heteroatoms. The minimum Gasteiger partial charge on any atom is -0.321 e. The monoisotopic (exact) mass is 452 g/mol. The van der Waals surface area contributed by atoms with Crippen LogP contribution in [-0.4, -0.2) is 17.7 Å². The van der Waals surface area contributed by atoms with Gasteiger partial charge in [-0.1, -0.05) is 36.4 Å². The topological polar surface area (TPSA) is 66.5 Å². The third kappa shape index (κ3) is 2.89. The molecule has 33 heavy (non-hydrogen) atoms. The van der Waals surface area contributed by atoms with Gasteiger partial charge in [0, 0.05) is 0 Å². The Kier molecular flexibility index (Phi) is 4.16. The molecule has 5 aliphatic rings. The molecule has 5 nitrogen and oxygen atoms in total. The van der Waals surface area contributed by atoms with Crippen molar-refractivity contribution in [2.24, 2.45) is 35.5 Å². The predicted molar refractivity (Wildman–Crippen MR) is 113 cm³/mol. The maximum Gasteiger partial charge on any atom is 0.418 e. The lowest BCUT2D eigenvalue weighted by atomic mass is 9.63. The third-order valence-electron chi connectivity index (χ3n) is 7.53. The Bertz CT molecular complexity index is 1200. The van der Waals surface area contributed by atoms with Crippen LogP contribution in [0.3, 0.4) is 0 Å². The Morgan fingerprint density at radius 1 is 0.879 bits per heavy atom. The third-order valence-corrected chi connectivity index (χ3v) is 7.53. The van der Waals surface area contributed by atoms with Crippen molar-refractivity contribution in [3.63, 3.8) is 0 Å². The Hall–Kier alpha value is -3.42. The molecule has 7 rings (SSSR count). The first-order valence-corrected chi connectivity index (χ1v) is 10.9. The number of hydrogen-bond acceptors (Lipinski definition) is 3. The summed E-state index contributed by atoms with van der Waals surface area (Å²) in [6.07, 6.45) is 0.503. The minimum atomic E-state index is -4.65. The summed E-state index contributed by atoms with van der Waals surface area (Å²) in [5, 5.41) is 2.31. The van der Waals surface area contributed by atoms with Crippen LogP contribution in [0, 0.1) is 35.5 Å². The fourth-order valence-electron chi connectivity index (χ4n) is 6.08.